The highest BCUT2D eigenvalue weighted by Gasteiger charge is 2.06. The summed E-state index contributed by atoms with van der Waals surface area (Å²) in [5, 5.41) is 5.02. The summed E-state index contributed by atoms with van der Waals surface area (Å²) in [5.74, 6) is 0.949. The van der Waals surface area contributed by atoms with E-state index in [2.05, 4.69) is 26.7 Å². The van der Waals surface area contributed by atoms with Crippen molar-refractivity contribution in [2.75, 3.05) is 6.54 Å². The van der Waals surface area contributed by atoms with Crippen LogP contribution >= 0.6 is 11.3 Å². The molecule has 2 heterocycles. The zero-order valence-electron chi connectivity index (χ0n) is 11.8. The largest absolute Gasteiger partial charge is 0.355 e. The van der Waals surface area contributed by atoms with Crippen molar-refractivity contribution in [3.05, 3.63) is 52.0 Å². The fourth-order valence-corrected chi connectivity index (χ4v) is 3.03. The molecule has 0 fully saturated rings. The Labute approximate surface area is 127 Å². The van der Waals surface area contributed by atoms with Gasteiger partial charge < -0.3 is 10.3 Å². The zero-order valence-corrected chi connectivity index (χ0v) is 12.7. The van der Waals surface area contributed by atoms with Crippen molar-refractivity contribution >= 4 is 28.3 Å². The number of thiophene rings is 1. The summed E-state index contributed by atoms with van der Waals surface area (Å²) in [6.07, 6.45) is 1.29. The maximum Gasteiger partial charge on any atom is 0.224 e. The first-order valence-electron chi connectivity index (χ1n) is 6.95. The van der Waals surface area contributed by atoms with Crippen molar-refractivity contribution in [3.8, 4) is 0 Å². The van der Waals surface area contributed by atoms with E-state index < -0.39 is 0 Å². The Morgan fingerprint density at radius 3 is 3.10 bits per heavy atom. The van der Waals surface area contributed by atoms with Gasteiger partial charge in [0.1, 0.15) is 5.82 Å². The number of fused-ring (bicyclic) bond motifs is 1. The van der Waals surface area contributed by atoms with Gasteiger partial charge in [-0.1, -0.05) is 12.1 Å². The maximum absolute atomic E-state index is 11.9. The summed E-state index contributed by atoms with van der Waals surface area (Å²) < 4.78 is 0. The summed E-state index contributed by atoms with van der Waals surface area (Å²) in [6, 6.07) is 10.0. The molecule has 0 saturated heterocycles. The minimum atomic E-state index is 0.0575. The third-order valence-corrected chi connectivity index (χ3v) is 4.24. The number of aryl methyl sites for hydroxylation is 1. The molecule has 1 aromatic carbocycles. The number of carbonyl (C=O) groups excluding carboxylic acids is 1. The molecule has 2 aromatic heterocycles. The van der Waals surface area contributed by atoms with E-state index in [1.54, 1.807) is 11.3 Å². The SMILES string of the molecule is Cc1nc2ccc(CC(=O)NCCc3cccs3)cc2[nH]1. The Morgan fingerprint density at radius 1 is 1.38 bits per heavy atom. The molecule has 3 aromatic rings. The molecule has 5 heteroatoms. The van der Waals surface area contributed by atoms with Crippen LogP contribution in [0.2, 0.25) is 0 Å². The van der Waals surface area contributed by atoms with Gasteiger partial charge in [0.25, 0.3) is 0 Å². The van der Waals surface area contributed by atoms with Crippen molar-refractivity contribution in [1.29, 1.82) is 0 Å². The molecule has 3 rings (SSSR count). The average molecular weight is 299 g/mol. The Kier molecular flexibility index (Phi) is 4.01. The van der Waals surface area contributed by atoms with Crippen LogP contribution in [0.4, 0.5) is 0 Å². The smallest absolute Gasteiger partial charge is 0.224 e. The van der Waals surface area contributed by atoms with Crippen LogP contribution in [0.5, 0.6) is 0 Å². The number of nitrogens with one attached hydrogen (secondary N) is 2. The first-order chi connectivity index (χ1) is 10.2. The molecule has 0 unspecified atom stereocenters. The second-order valence-corrected chi connectivity index (χ2v) is 6.06. The molecule has 0 aliphatic heterocycles. The lowest BCUT2D eigenvalue weighted by atomic mass is 10.1. The Hall–Kier alpha value is -2.14. The van der Waals surface area contributed by atoms with E-state index in [1.807, 2.05) is 31.2 Å². The lowest BCUT2D eigenvalue weighted by Crippen LogP contribution is -2.27. The second-order valence-electron chi connectivity index (χ2n) is 5.03. The highest BCUT2D eigenvalue weighted by molar-refractivity contribution is 7.09. The molecule has 0 aliphatic rings. The van der Waals surface area contributed by atoms with Crippen LogP contribution in [0, 0.1) is 6.92 Å². The molecule has 2 N–H and O–H groups in total. The monoisotopic (exact) mass is 299 g/mol. The molecule has 0 spiro atoms. The number of benzene rings is 1. The minimum absolute atomic E-state index is 0.0575. The highest BCUT2D eigenvalue weighted by atomic mass is 32.1. The molecule has 0 saturated carbocycles. The van der Waals surface area contributed by atoms with Crippen molar-refractivity contribution in [1.82, 2.24) is 15.3 Å². The van der Waals surface area contributed by atoms with E-state index in [1.165, 1.54) is 4.88 Å². The fraction of sp³-hybridized carbons (Fsp3) is 0.250. The summed E-state index contributed by atoms with van der Waals surface area (Å²) in [6.45, 7) is 2.61. The molecule has 0 atom stereocenters. The standard InChI is InChI=1S/C16H17N3OS/c1-11-18-14-5-4-12(9-15(14)19-11)10-16(20)17-7-6-13-3-2-8-21-13/h2-5,8-9H,6-7,10H2,1H3,(H,17,20)(H,18,19). The lowest BCUT2D eigenvalue weighted by molar-refractivity contribution is -0.120. The maximum atomic E-state index is 11.9. The summed E-state index contributed by atoms with van der Waals surface area (Å²) in [7, 11) is 0. The first-order valence-corrected chi connectivity index (χ1v) is 7.83. The predicted molar refractivity (Wildman–Crippen MR) is 85.6 cm³/mol. The second kappa shape index (κ2) is 6.10. The number of nitrogens with zero attached hydrogens (tertiary/aromatic N) is 1. The summed E-state index contributed by atoms with van der Waals surface area (Å²) in [5.41, 5.74) is 2.92. The van der Waals surface area contributed by atoms with E-state index in [0.29, 0.717) is 13.0 Å². The Balaban J connectivity index is 1.55. The number of aromatic nitrogens is 2. The van der Waals surface area contributed by atoms with E-state index in [-0.39, 0.29) is 5.91 Å². The predicted octanol–water partition coefficient (Wildman–Crippen LogP) is 2.83. The van der Waals surface area contributed by atoms with Crippen LogP contribution in [0.25, 0.3) is 11.0 Å². The van der Waals surface area contributed by atoms with E-state index in [9.17, 15) is 4.79 Å². The number of carbonyl (C=O) groups is 1. The van der Waals surface area contributed by atoms with Crippen LogP contribution in [-0.4, -0.2) is 22.4 Å². The van der Waals surface area contributed by atoms with Gasteiger partial charge in [0, 0.05) is 11.4 Å². The van der Waals surface area contributed by atoms with Gasteiger partial charge in [-0.3, -0.25) is 4.79 Å². The number of H-pyrrole nitrogens is 1. The minimum Gasteiger partial charge on any atom is -0.355 e. The lowest BCUT2D eigenvalue weighted by Gasteiger charge is -2.04. The van der Waals surface area contributed by atoms with Crippen molar-refractivity contribution in [2.24, 2.45) is 0 Å². The fourth-order valence-electron chi connectivity index (χ4n) is 2.32. The van der Waals surface area contributed by atoms with Gasteiger partial charge in [-0.15, -0.1) is 11.3 Å². The quantitative estimate of drug-likeness (QED) is 0.761. The number of hydrogen-bond acceptors (Lipinski definition) is 3. The van der Waals surface area contributed by atoms with Crippen LogP contribution in [0.3, 0.4) is 0 Å². The van der Waals surface area contributed by atoms with Gasteiger partial charge >= 0.3 is 0 Å². The summed E-state index contributed by atoms with van der Waals surface area (Å²) in [4.78, 5) is 20.8. The molecule has 0 bridgehead atoms. The van der Waals surface area contributed by atoms with Gasteiger partial charge in [0.2, 0.25) is 5.91 Å². The molecule has 21 heavy (non-hydrogen) atoms. The van der Waals surface area contributed by atoms with E-state index in [4.69, 9.17) is 0 Å². The first kappa shape index (κ1) is 13.8. The third-order valence-electron chi connectivity index (χ3n) is 3.30. The van der Waals surface area contributed by atoms with Crippen LogP contribution in [-0.2, 0) is 17.6 Å². The summed E-state index contributed by atoms with van der Waals surface area (Å²) >= 11 is 1.72. The van der Waals surface area contributed by atoms with Crippen molar-refractivity contribution in [3.63, 3.8) is 0 Å². The van der Waals surface area contributed by atoms with Gasteiger partial charge in [-0.05, 0) is 42.5 Å². The highest BCUT2D eigenvalue weighted by Crippen LogP contribution is 2.14. The van der Waals surface area contributed by atoms with Crippen LogP contribution in [0.1, 0.15) is 16.3 Å². The molecule has 0 aliphatic carbocycles. The van der Waals surface area contributed by atoms with Gasteiger partial charge in [0.15, 0.2) is 0 Å². The van der Waals surface area contributed by atoms with Gasteiger partial charge in [-0.25, -0.2) is 4.98 Å². The van der Waals surface area contributed by atoms with Gasteiger partial charge in [-0.2, -0.15) is 0 Å². The molecule has 1 amide bonds. The number of aromatic amines is 1. The third kappa shape index (κ3) is 3.49. The number of hydrogen-bond donors (Lipinski definition) is 2. The number of imidazole rings is 1. The molecule has 0 radical (unpaired) electrons. The Morgan fingerprint density at radius 2 is 2.29 bits per heavy atom. The molecule has 108 valence electrons. The Bertz CT molecular complexity index is 746. The number of rotatable bonds is 5. The van der Waals surface area contributed by atoms with Crippen molar-refractivity contribution in [2.45, 2.75) is 19.8 Å². The zero-order chi connectivity index (χ0) is 14.7. The molecular formula is C16H17N3OS. The molecular weight excluding hydrogens is 282 g/mol. The van der Waals surface area contributed by atoms with Crippen molar-refractivity contribution < 1.29 is 4.79 Å². The normalized spacial score (nSPS) is 10.9. The van der Waals surface area contributed by atoms with Gasteiger partial charge in [0.05, 0.1) is 17.5 Å². The topological polar surface area (TPSA) is 57.8 Å². The van der Waals surface area contributed by atoms with E-state index in [0.717, 1.165) is 28.8 Å². The van der Waals surface area contributed by atoms with E-state index >= 15 is 0 Å². The average Bonchev–Trinajstić information content (AvgIpc) is 3.06. The van der Waals surface area contributed by atoms with Crippen LogP contribution < -0.4 is 5.32 Å². The van der Waals surface area contributed by atoms with Crippen LogP contribution in [0.15, 0.2) is 35.7 Å². The number of amides is 1. The molecule has 4 nitrogen and oxygen atoms in total.